The number of rotatable bonds is 4. The van der Waals surface area contributed by atoms with Crippen molar-refractivity contribution in [1.82, 2.24) is 0 Å². The van der Waals surface area contributed by atoms with Crippen LogP contribution in [0.15, 0.2) is 18.2 Å². The van der Waals surface area contributed by atoms with Gasteiger partial charge in [-0.2, -0.15) is 0 Å². The number of hydrogen-bond acceptors (Lipinski definition) is 2. The number of halogens is 1. The van der Waals surface area contributed by atoms with E-state index in [4.69, 9.17) is 10.5 Å². The molecule has 2 nitrogen and oxygen atoms in total. The van der Waals surface area contributed by atoms with Crippen LogP contribution in [-0.2, 0) is 11.2 Å². The standard InChI is InChI=1S/C15H22FNO/c1-11-8-13(16)6-5-12(11)9-14(17)10-15-4-2-3-7-18-15/h5-6,8,14-15H,2-4,7,9-10,17H2,1H3. The van der Waals surface area contributed by atoms with Crippen LogP contribution in [0.1, 0.15) is 36.8 Å². The molecule has 1 saturated heterocycles. The van der Waals surface area contributed by atoms with Gasteiger partial charge in [-0.15, -0.1) is 0 Å². The molecule has 18 heavy (non-hydrogen) atoms. The molecule has 0 amide bonds. The molecule has 1 fully saturated rings. The Bertz CT molecular complexity index is 388. The van der Waals surface area contributed by atoms with Crippen LogP contribution < -0.4 is 5.73 Å². The third kappa shape index (κ3) is 3.79. The molecule has 2 rings (SSSR count). The highest BCUT2D eigenvalue weighted by Crippen LogP contribution is 2.19. The van der Waals surface area contributed by atoms with Gasteiger partial charge < -0.3 is 10.5 Å². The van der Waals surface area contributed by atoms with E-state index in [-0.39, 0.29) is 11.9 Å². The lowest BCUT2D eigenvalue weighted by atomic mass is 9.95. The quantitative estimate of drug-likeness (QED) is 0.893. The first-order chi connectivity index (χ1) is 8.65. The van der Waals surface area contributed by atoms with Crippen LogP contribution in [0.2, 0.25) is 0 Å². The van der Waals surface area contributed by atoms with Gasteiger partial charge in [-0.3, -0.25) is 0 Å². The second kappa shape index (κ2) is 6.30. The van der Waals surface area contributed by atoms with E-state index in [1.54, 1.807) is 6.07 Å². The Morgan fingerprint density at radius 1 is 1.44 bits per heavy atom. The molecule has 1 aromatic carbocycles. The molecule has 2 atom stereocenters. The van der Waals surface area contributed by atoms with Crippen molar-refractivity contribution in [2.45, 2.75) is 51.2 Å². The maximum atomic E-state index is 13.0. The maximum absolute atomic E-state index is 13.0. The number of aryl methyl sites for hydroxylation is 1. The van der Waals surface area contributed by atoms with Crippen LogP contribution in [0.4, 0.5) is 4.39 Å². The topological polar surface area (TPSA) is 35.2 Å². The van der Waals surface area contributed by atoms with E-state index in [1.807, 2.05) is 13.0 Å². The normalized spacial score (nSPS) is 21.8. The molecule has 100 valence electrons. The molecule has 1 heterocycles. The third-order valence-electron chi connectivity index (χ3n) is 3.63. The first-order valence-electron chi connectivity index (χ1n) is 6.77. The maximum Gasteiger partial charge on any atom is 0.123 e. The Kier molecular flexibility index (Phi) is 4.72. The van der Waals surface area contributed by atoms with Gasteiger partial charge in [0.1, 0.15) is 5.82 Å². The molecule has 0 aliphatic carbocycles. The van der Waals surface area contributed by atoms with Gasteiger partial charge in [-0.25, -0.2) is 4.39 Å². The molecule has 2 unspecified atom stereocenters. The summed E-state index contributed by atoms with van der Waals surface area (Å²) in [6, 6.07) is 5.01. The molecule has 0 spiro atoms. The van der Waals surface area contributed by atoms with Crippen LogP contribution in [0.3, 0.4) is 0 Å². The Balaban J connectivity index is 1.87. The molecule has 3 heteroatoms. The van der Waals surface area contributed by atoms with E-state index in [0.717, 1.165) is 37.0 Å². The minimum Gasteiger partial charge on any atom is -0.378 e. The molecule has 1 aromatic rings. The van der Waals surface area contributed by atoms with Crippen molar-refractivity contribution in [3.05, 3.63) is 35.1 Å². The fraction of sp³-hybridized carbons (Fsp3) is 0.600. The van der Waals surface area contributed by atoms with Crippen molar-refractivity contribution in [3.63, 3.8) is 0 Å². The molecule has 1 aliphatic rings. The average Bonchev–Trinajstić information content (AvgIpc) is 2.34. The summed E-state index contributed by atoms with van der Waals surface area (Å²) in [7, 11) is 0. The fourth-order valence-corrected chi connectivity index (χ4v) is 2.59. The second-order valence-corrected chi connectivity index (χ2v) is 5.26. The highest BCUT2D eigenvalue weighted by molar-refractivity contribution is 5.27. The van der Waals surface area contributed by atoms with Crippen molar-refractivity contribution in [3.8, 4) is 0 Å². The van der Waals surface area contributed by atoms with Crippen LogP contribution in [0.5, 0.6) is 0 Å². The summed E-state index contributed by atoms with van der Waals surface area (Å²) in [6.45, 7) is 2.80. The first kappa shape index (κ1) is 13.5. The summed E-state index contributed by atoms with van der Waals surface area (Å²) in [5.41, 5.74) is 8.29. The van der Waals surface area contributed by atoms with E-state index in [2.05, 4.69) is 0 Å². The Morgan fingerprint density at radius 3 is 2.94 bits per heavy atom. The minimum atomic E-state index is -0.180. The van der Waals surface area contributed by atoms with Crippen molar-refractivity contribution in [2.75, 3.05) is 6.61 Å². The highest BCUT2D eigenvalue weighted by Gasteiger charge is 2.17. The lowest BCUT2D eigenvalue weighted by Gasteiger charge is -2.25. The van der Waals surface area contributed by atoms with Crippen LogP contribution >= 0.6 is 0 Å². The van der Waals surface area contributed by atoms with E-state index in [9.17, 15) is 4.39 Å². The minimum absolute atomic E-state index is 0.0947. The predicted octanol–water partition coefficient (Wildman–Crippen LogP) is 2.96. The Morgan fingerprint density at radius 2 is 2.28 bits per heavy atom. The van der Waals surface area contributed by atoms with Gasteiger partial charge in [-0.1, -0.05) is 6.07 Å². The van der Waals surface area contributed by atoms with Gasteiger partial charge >= 0.3 is 0 Å². The van der Waals surface area contributed by atoms with Gasteiger partial charge in [0.05, 0.1) is 6.10 Å². The lowest BCUT2D eigenvalue weighted by molar-refractivity contribution is 0.00746. The van der Waals surface area contributed by atoms with Crippen LogP contribution in [0.25, 0.3) is 0 Å². The molecular formula is C15H22FNO. The summed E-state index contributed by atoms with van der Waals surface area (Å²) in [6.07, 6.45) is 5.55. The van der Waals surface area contributed by atoms with Gasteiger partial charge in [-0.05, 0) is 62.3 Å². The largest absolute Gasteiger partial charge is 0.378 e. The van der Waals surface area contributed by atoms with Crippen molar-refractivity contribution < 1.29 is 9.13 Å². The predicted molar refractivity (Wildman–Crippen MR) is 71.0 cm³/mol. The molecule has 2 N–H and O–H groups in total. The Hall–Kier alpha value is -0.930. The van der Waals surface area contributed by atoms with E-state index in [1.165, 1.54) is 18.9 Å². The van der Waals surface area contributed by atoms with E-state index < -0.39 is 0 Å². The average molecular weight is 251 g/mol. The number of benzene rings is 1. The zero-order valence-electron chi connectivity index (χ0n) is 11.0. The van der Waals surface area contributed by atoms with Gasteiger partial charge in [0.15, 0.2) is 0 Å². The summed E-state index contributed by atoms with van der Waals surface area (Å²) >= 11 is 0. The van der Waals surface area contributed by atoms with Crippen LogP contribution in [0, 0.1) is 12.7 Å². The summed E-state index contributed by atoms with van der Waals surface area (Å²) in [5, 5.41) is 0. The molecular weight excluding hydrogens is 229 g/mol. The molecule has 1 aliphatic heterocycles. The van der Waals surface area contributed by atoms with Crippen molar-refractivity contribution in [1.29, 1.82) is 0 Å². The molecule has 0 aromatic heterocycles. The third-order valence-corrected chi connectivity index (χ3v) is 3.63. The molecule has 0 saturated carbocycles. The van der Waals surface area contributed by atoms with Gasteiger partial charge in [0, 0.05) is 12.6 Å². The van der Waals surface area contributed by atoms with E-state index in [0.29, 0.717) is 6.10 Å². The second-order valence-electron chi connectivity index (χ2n) is 5.26. The van der Waals surface area contributed by atoms with Crippen LogP contribution in [-0.4, -0.2) is 18.8 Å². The number of hydrogen-bond donors (Lipinski definition) is 1. The van der Waals surface area contributed by atoms with Crippen molar-refractivity contribution in [2.24, 2.45) is 5.73 Å². The summed E-state index contributed by atoms with van der Waals surface area (Å²) in [4.78, 5) is 0. The zero-order chi connectivity index (χ0) is 13.0. The number of nitrogens with two attached hydrogens (primary N) is 1. The fourth-order valence-electron chi connectivity index (χ4n) is 2.59. The van der Waals surface area contributed by atoms with Crippen molar-refractivity contribution >= 4 is 0 Å². The van der Waals surface area contributed by atoms with Gasteiger partial charge in [0.25, 0.3) is 0 Å². The SMILES string of the molecule is Cc1cc(F)ccc1CC(N)CC1CCCCO1. The Labute approximate surface area is 108 Å². The zero-order valence-corrected chi connectivity index (χ0v) is 11.0. The monoisotopic (exact) mass is 251 g/mol. The van der Waals surface area contributed by atoms with E-state index >= 15 is 0 Å². The molecule has 0 radical (unpaired) electrons. The highest BCUT2D eigenvalue weighted by atomic mass is 19.1. The van der Waals surface area contributed by atoms with Gasteiger partial charge in [0.2, 0.25) is 0 Å². The smallest absolute Gasteiger partial charge is 0.123 e. The lowest BCUT2D eigenvalue weighted by Crippen LogP contribution is -2.31. The summed E-state index contributed by atoms with van der Waals surface area (Å²) < 4.78 is 18.7. The molecule has 0 bridgehead atoms. The summed E-state index contributed by atoms with van der Waals surface area (Å²) in [5.74, 6) is -0.180. The first-order valence-corrected chi connectivity index (χ1v) is 6.77. The number of ether oxygens (including phenoxy) is 1.